The van der Waals surface area contributed by atoms with Gasteiger partial charge in [-0.1, -0.05) is 60.2 Å². The average Bonchev–Trinajstić information content (AvgIpc) is 3.34. The van der Waals surface area contributed by atoms with Crippen LogP contribution < -0.4 is 5.32 Å². The zero-order valence-electron chi connectivity index (χ0n) is 16.1. The highest BCUT2D eigenvalue weighted by Crippen LogP contribution is 2.37. The Labute approximate surface area is 182 Å². The zero-order chi connectivity index (χ0) is 21.3. The van der Waals surface area contributed by atoms with E-state index in [4.69, 9.17) is 16.3 Å². The minimum Gasteiger partial charge on any atom is -0.469 e. The first-order valence-corrected chi connectivity index (χ1v) is 10.7. The highest BCUT2D eigenvalue weighted by Gasteiger charge is 2.35. The maximum atomic E-state index is 14.3. The molecular weight excluding hydrogens is 425 g/mol. The molecule has 3 atom stereocenters. The molecule has 0 saturated heterocycles. The molecule has 30 heavy (non-hydrogen) atoms. The van der Waals surface area contributed by atoms with E-state index in [1.807, 2.05) is 36.4 Å². The molecule has 1 aliphatic rings. The standard InChI is InChI=1S/C23H19ClFNO3S/c1-29-23(28)19(15-6-2-4-8-17(15)25)13-10-11-14(12-13)26-22(27)21-20(24)16-7-3-5-9-18(16)30-21/h2-11,13-14,19H,12H2,1H3,(H,26,27)/t13-,14+,19-/m0/s1. The number of amides is 1. The second-order valence-electron chi connectivity index (χ2n) is 7.13. The Morgan fingerprint density at radius 3 is 2.63 bits per heavy atom. The maximum Gasteiger partial charge on any atom is 0.313 e. The van der Waals surface area contributed by atoms with Crippen molar-refractivity contribution >= 4 is 44.9 Å². The van der Waals surface area contributed by atoms with E-state index in [-0.39, 0.29) is 17.9 Å². The van der Waals surface area contributed by atoms with Gasteiger partial charge in [0.1, 0.15) is 10.7 Å². The lowest BCUT2D eigenvalue weighted by atomic mass is 9.85. The SMILES string of the molecule is COC(=O)[C@H](c1ccccc1F)[C@H]1C=C[C@@H](NC(=O)c2sc3ccccc3c2Cl)C1. The van der Waals surface area contributed by atoms with E-state index in [1.54, 1.807) is 18.2 Å². The summed E-state index contributed by atoms with van der Waals surface area (Å²) in [6.07, 6.45) is 4.13. The van der Waals surface area contributed by atoms with Gasteiger partial charge in [-0.2, -0.15) is 0 Å². The molecule has 0 aliphatic heterocycles. The minimum absolute atomic E-state index is 0.267. The largest absolute Gasteiger partial charge is 0.469 e. The van der Waals surface area contributed by atoms with Crippen molar-refractivity contribution in [3.05, 3.63) is 82.0 Å². The summed E-state index contributed by atoms with van der Waals surface area (Å²) in [4.78, 5) is 25.7. The Kier molecular flexibility index (Phi) is 5.88. The van der Waals surface area contributed by atoms with Crippen molar-refractivity contribution in [2.45, 2.75) is 18.4 Å². The first kappa shape index (κ1) is 20.6. The fourth-order valence-electron chi connectivity index (χ4n) is 3.86. The van der Waals surface area contributed by atoms with Crippen LogP contribution in [-0.2, 0) is 9.53 Å². The van der Waals surface area contributed by atoms with Gasteiger partial charge in [0, 0.05) is 21.7 Å². The lowest BCUT2D eigenvalue weighted by Gasteiger charge is -2.22. The fourth-order valence-corrected chi connectivity index (χ4v) is 5.28. The number of hydrogen-bond donors (Lipinski definition) is 1. The summed E-state index contributed by atoms with van der Waals surface area (Å²) in [7, 11) is 1.29. The number of thiophene rings is 1. The summed E-state index contributed by atoms with van der Waals surface area (Å²) in [6, 6.07) is 13.5. The highest BCUT2D eigenvalue weighted by molar-refractivity contribution is 7.21. The molecule has 1 heterocycles. The number of allylic oxidation sites excluding steroid dienone is 1. The van der Waals surface area contributed by atoms with Crippen LogP contribution in [0.5, 0.6) is 0 Å². The molecule has 0 saturated carbocycles. The van der Waals surface area contributed by atoms with Gasteiger partial charge in [-0.15, -0.1) is 11.3 Å². The molecule has 7 heteroatoms. The number of rotatable bonds is 5. The summed E-state index contributed by atoms with van der Waals surface area (Å²) in [6.45, 7) is 0. The van der Waals surface area contributed by atoms with E-state index in [9.17, 15) is 14.0 Å². The summed E-state index contributed by atoms with van der Waals surface area (Å²) in [5.74, 6) is -2.29. The third-order valence-electron chi connectivity index (χ3n) is 5.30. The highest BCUT2D eigenvalue weighted by atomic mass is 35.5. The molecule has 4 nitrogen and oxygen atoms in total. The molecule has 1 amide bonds. The van der Waals surface area contributed by atoms with E-state index >= 15 is 0 Å². The second kappa shape index (κ2) is 8.58. The van der Waals surface area contributed by atoms with E-state index in [2.05, 4.69) is 5.32 Å². The third kappa shape index (κ3) is 3.85. The van der Waals surface area contributed by atoms with E-state index in [0.717, 1.165) is 10.1 Å². The molecule has 2 aromatic carbocycles. The molecule has 4 rings (SSSR count). The molecule has 0 unspecified atom stereocenters. The maximum absolute atomic E-state index is 14.3. The Balaban J connectivity index is 1.51. The van der Waals surface area contributed by atoms with Crippen molar-refractivity contribution in [1.29, 1.82) is 0 Å². The minimum atomic E-state index is -0.776. The summed E-state index contributed by atoms with van der Waals surface area (Å²) in [5.41, 5.74) is 0.290. The molecule has 1 aromatic heterocycles. The number of nitrogens with one attached hydrogen (secondary N) is 1. The number of methoxy groups -OCH3 is 1. The lowest BCUT2D eigenvalue weighted by molar-refractivity contribution is -0.143. The van der Waals surface area contributed by atoms with Crippen LogP contribution in [0.4, 0.5) is 4.39 Å². The predicted molar refractivity (Wildman–Crippen MR) is 116 cm³/mol. The molecule has 0 radical (unpaired) electrons. The Morgan fingerprint density at radius 2 is 1.90 bits per heavy atom. The number of halogens is 2. The van der Waals surface area contributed by atoms with Gasteiger partial charge in [0.2, 0.25) is 0 Å². The van der Waals surface area contributed by atoms with Gasteiger partial charge in [0.05, 0.1) is 18.1 Å². The van der Waals surface area contributed by atoms with Crippen LogP contribution in [0.2, 0.25) is 5.02 Å². The monoisotopic (exact) mass is 443 g/mol. The van der Waals surface area contributed by atoms with Crippen LogP contribution in [0.1, 0.15) is 27.6 Å². The Bertz CT molecular complexity index is 1140. The number of esters is 1. The number of hydrogen-bond acceptors (Lipinski definition) is 4. The number of carbonyl (C=O) groups is 2. The summed E-state index contributed by atoms with van der Waals surface area (Å²) >= 11 is 7.74. The van der Waals surface area contributed by atoms with Crippen molar-refractivity contribution < 1.29 is 18.7 Å². The van der Waals surface area contributed by atoms with Gasteiger partial charge >= 0.3 is 5.97 Å². The van der Waals surface area contributed by atoms with Gasteiger partial charge in [0.15, 0.2) is 0 Å². The fraction of sp³-hybridized carbons (Fsp3) is 0.217. The number of ether oxygens (including phenoxy) is 1. The Morgan fingerprint density at radius 1 is 1.17 bits per heavy atom. The summed E-state index contributed by atoms with van der Waals surface area (Å²) in [5, 5.41) is 4.24. The van der Waals surface area contributed by atoms with Crippen molar-refractivity contribution in [1.82, 2.24) is 5.32 Å². The quantitative estimate of drug-likeness (QED) is 0.428. The predicted octanol–water partition coefficient (Wildman–Crippen LogP) is 5.33. The average molecular weight is 444 g/mol. The van der Waals surface area contributed by atoms with Crippen molar-refractivity contribution in [3.8, 4) is 0 Å². The van der Waals surface area contributed by atoms with Gasteiger partial charge in [-0.25, -0.2) is 4.39 Å². The first-order chi connectivity index (χ1) is 14.5. The summed E-state index contributed by atoms with van der Waals surface area (Å²) < 4.78 is 20.2. The van der Waals surface area contributed by atoms with Crippen LogP contribution in [-0.4, -0.2) is 25.0 Å². The molecule has 1 aliphatic carbocycles. The molecule has 154 valence electrons. The van der Waals surface area contributed by atoms with E-state index in [0.29, 0.717) is 21.9 Å². The molecular formula is C23H19ClFNO3S. The molecule has 3 aromatic rings. The molecule has 1 N–H and O–H groups in total. The van der Waals surface area contributed by atoms with Gasteiger partial charge in [-0.3, -0.25) is 9.59 Å². The molecule has 0 spiro atoms. The van der Waals surface area contributed by atoms with Crippen LogP contribution in [0.3, 0.4) is 0 Å². The normalized spacial score (nSPS) is 19.0. The molecule has 0 bridgehead atoms. The van der Waals surface area contributed by atoms with Crippen LogP contribution in [0.15, 0.2) is 60.7 Å². The first-order valence-electron chi connectivity index (χ1n) is 9.48. The van der Waals surface area contributed by atoms with E-state index in [1.165, 1.54) is 24.5 Å². The van der Waals surface area contributed by atoms with Crippen molar-refractivity contribution in [3.63, 3.8) is 0 Å². The lowest BCUT2D eigenvalue weighted by Crippen LogP contribution is -2.33. The number of fused-ring (bicyclic) bond motifs is 1. The topological polar surface area (TPSA) is 55.4 Å². The van der Waals surface area contributed by atoms with Gasteiger partial charge < -0.3 is 10.1 Å². The zero-order valence-corrected chi connectivity index (χ0v) is 17.7. The van der Waals surface area contributed by atoms with Crippen molar-refractivity contribution in [2.75, 3.05) is 7.11 Å². The van der Waals surface area contributed by atoms with Crippen LogP contribution >= 0.6 is 22.9 Å². The van der Waals surface area contributed by atoms with Crippen LogP contribution in [0.25, 0.3) is 10.1 Å². The second-order valence-corrected chi connectivity index (χ2v) is 8.56. The smallest absolute Gasteiger partial charge is 0.313 e. The van der Waals surface area contributed by atoms with Gasteiger partial charge in [-0.05, 0) is 24.5 Å². The van der Waals surface area contributed by atoms with Gasteiger partial charge in [0.25, 0.3) is 5.91 Å². The number of benzene rings is 2. The van der Waals surface area contributed by atoms with Crippen molar-refractivity contribution in [2.24, 2.45) is 5.92 Å². The third-order valence-corrected chi connectivity index (χ3v) is 6.97. The van der Waals surface area contributed by atoms with Crippen LogP contribution in [0, 0.1) is 11.7 Å². The molecule has 0 fully saturated rings. The van der Waals surface area contributed by atoms with E-state index < -0.39 is 17.7 Å². The number of carbonyl (C=O) groups excluding carboxylic acids is 2. The Hall–Kier alpha value is -2.70.